The molecule has 0 spiro atoms. The first-order valence-electron chi connectivity index (χ1n) is 4.09. The van der Waals surface area contributed by atoms with Gasteiger partial charge in [0.05, 0.1) is 6.61 Å². The van der Waals surface area contributed by atoms with Crippen LogP contribution in [-0.4, -0.2) is 64.7 Å². The van der Waals surface area contributed by atoms with E-state index in [1.165, 1.54) is 0 Å². The summed E-state index contributed by atoms with van der Waals surface area (Å²) >= 11 is 0. The summed E-state index contributed by atoms with van der Waals surface area (Å²) in [7, 11) is 1.55. The summed E-state index contributed by atoms with van der Waals surface area (Å²) in [5.41, 5.74) is 0. The molecule has 0 unspecified atom stereocenters. The first kappa shape index (κ1) is 14.1. The molecule has 0 amide bonds. The number of rotatable bonds is 2. The Bertz CT molecular complexity index is 152. The van der Waals surface area contributed by atoms with Crippen molar-refractivity contribution in [3.8, 4) is 0 Å². The van der Waals surface area contributed by atoms with Crippen molar-refractivity contribution in [2.24, 2.45) is 0 Å². The molecule has 86 valence electrons. The molecule has 1 fully saturated rings. The number of aliphatic hydroxyl groups is 4. The topological polar surface area (TPSA) is 102 Å². The first-order valence-corrected chi connectivity index (χ1v) is 4.09. The van der Waals surface area contributed by atoms with Gasteiger partial charge in [0.1, 0.15) is 30.6 Å². The van der Waals surface area contributed by atoms with Crippen LogP contribution in [0.3, 0.4) is 0 Å². The number of hydrogen-bond acceptors (Lipinski definition) is 6. The highest BCUT2D eigenvalue weighted by molar-refractivity contribution is 5.85. The van der Waals surface area contributed by atoms with E-state index in [2.05, 4.69) is 5.32 Å². The van der Waals surface area contributed by atoms with Crippen LogP contribution in [0.5, 0.6) is 0 Å². The number of aliphatic hydroxyl groups excluding tert-OH is 4. The second kappa shape index (κ2) is 5.82. The lowest BCUT2D eigenvalue weighted by molar-refractivity contribution is -0.235. The van der Waals surface area contributed by atoms with Crippen LogP contribution in [0.15, 0.2) is 0 Å². The van der Waals surface area contributed by atoms with E-state index in [1.54, 1.807) is 7.05 Å². The minimum Gasteiger partial charge on any atom is -0.394 e. The highest BCUT2D eigenvalue weighted by atomic mass is 35.5. The number of nitrogens with one attached hydrogen (secondary N) is 1. The molecule has 1 rings (SSSR count). The summed E-state index contributed by atoms with van der Waals surface area (Å²) < 4.78 is 5.06. The monoisotopic (exact) mass is 229 g/mol. The van der Waals surface area contributed by atoms with Gasteiger partial charge in [0.2, 0.25) is 0 Å². The fourth-order valence-electron chi connectivity index (χ4n) is 1.34. The predicted octanol–water partition coefficient (Wildman–Crippen LogP) is -2.57. The summed E-state index contributed by atoms with van der Waals surface area (Å²) in [6, 6.07) is 0. The SMILES string of the molecule is CN[C@@H]1O[C@H](CO)[C@@H](O)[C@H](O)[C@H]1O.Cl. The minimum absolute atomic E-state index is 0. The second-order valence-corrected chi connectivity index (χ2v) is 3.04. The van der Waals surface area contributed by atoms with Crippen LogP contribution < -0.4 is 5.32 Å². The van der Waals surface area contributed by atoms with Gasteiger partial charge in [-0.15, -0.1) is 12.4 Å². The molecule has 0 aromatic carbocycles. The summed E-state index contributed by atoms with van der Waals surface area (Å²) in [4.78, 5) is 0. The molecule has 7 heteroatoms. The largest absolute Gasteiger partial charge is 0.394 e. The average Bonchev–Trinajstić information content (AvgIpc) is 2.15. The van der Waals surface area contributed by atoms with Gasteiger partial charge >= 0.3 is 0 Å². The van der Waals surface area contributed by atoms with E-state index in [0.29, 0.717) is 0 Å². The first-order chi connectivity index (χ1) is 6.11. The van der Waals surface area contributed by atoms with E-state index in [9.17, 15) is 15.3 Å². The van der Waals surface area contributed by atoms with Gasteiger partial charge in [0, 0.05) is 0 Å². The molecule has 0 aliphatic carbocycles. The van der Waals surface area contributed by atoms with Crippen molar-refractivity contribution in [2.45, 2.75) is 30.6 Å². The number of likely N-dealkylation sites (N-methyl/N-ethyl adjacent to an activating group) is 1. The molecule has 0 aromatic heterocycles. The molecule has 1 aliphatic rings. The molecule has 0 aromatic rings. The Morgan fingerprint density at radius 2 is 1.71 bits per heavy atom. The van der Waals surface area contributed by atoms with Gasteiger partial charge in [-0.1, -0.05) is 0 Å². The van der Waals surface area contributed by atoms with Crippen molar-refractivity contribution in [3.63, 3.8) is 0 Å². The van der Waals surface area contributed by atoms with Crippen molar-refractivity contribution in [3.05, 3.63) is 0 Å². The van der Waals surface area contributed by atoms with Gasteiger partial charge in [-0.2, -0.15) is 0 Å². The maximum absolute atomic E-state index is 9.34. The normalized spacial score (nSPS) is 43.1. The van der Waals surface area contributed by atoms with Crippen LogP contribution >= 0.6 is 12.4 Å². The Kier molecular flexibility index (Phi) is 5.84. The van der Waals surface area contributed by atoms with Crippen LogP contribution in [0, 0.1) is 0 Å². The Labute approximate surface area is 87.9 Å². The van der Waals surface area contributed by atoms with E-state index in [-0.39, 0.29) is 12.4 Å². The van der Waals surface area contributed by atoms with E-state index in [0.717, 1.165) is 0 Å². The van der Waals surface area contributed by atoms with Crippen molar-refractivity contribution >= 4 is 12.4 Å². The second-order valence-electron chi connectivity index (χ2n) is 3.04. The molecule has 14 heavy (non-hydrogen) atoms. The molecule has 1 heterocycles. The zero-order valence-corrected chi connectivity index (χ0v) is 8.52. The van der Waals surface area contributed by atoms with Gasteiger partial charge in [0.25, 0.3) is 0 Å². The van der Waals surface area contributed by atoms with Crippen LogP contribution in [0.1, 0.15) is 0 Å². The van der Waals surface area contributed by atoms with Crippen LogP contribution in [0.2, 0.25) is 0 Å². The van der Waals surface area contributed by atoms with Crippen molar-refractivity contribution in [1.29, 1.82) is 0 Å². The third-order valence-electron chi connectivity index (χ3n) is 2.18. The molecule has 0 radical (unpaired) electrons. The zero-order chi connectivity index (χ0) is 10.0. The molecule has 5 N–H and O–H groups in total. The highest BCUT2D eigenvalue weighted by Crippen LogP contribution is 2.18. The summed E-state index contributed by atoms with van der Waals surface area (Å²) in [5, 5.41) is 39.3. The number of hydrogen-bond donors (Lipinski definition) is 5. The van der Waals surface area contributed by atoms with Crippen LogP contribution in [0.4, 0.5) is 0 Å². The van der Waals surface area contributed by atoms with Crippen LogP contribution in [0.25, 0.3) is 0 Å². The Morgan fingerprint density at radius 3 is 2.14 bits per heavy atom. The zero-order valence-electron chi connectivity index (χ0n) is 7.70. The lowest BCUT2D eigenvalue weighted by Gasteiger charge is -2.39. The third-order valence-corrected chi connectivity index (χ3v) is 2.18. The van der Waals surface area contributed by atoms with Crippen LogP contribution in [-0.2, 0) is 4.74 Å². The summed E-state index contributed by atoms with van der Waals surface area (Å²) in [5.74, 6) is 0. The standard InChI is InChI=1S/C7H15NO5.ClH/c1-8-7-6(12)5(11)4(10)3(2-9)13-7;/h3-12H,2H2,1H3;1H/t3-,4-,5+,6-,7-;/m1./s1. The molecule has 6 nitrogen and oxygen atoms in total. The van der Waals surface area contributed by atoms with E-state index in [4.69, 9.17) is 9.84 Å². The molecule has 0 bridgehead atoms. The average molecular weight is 230 g/mol. The Morgan fingerprint density at radius 1 is 1.14 bits per heavy atom. The molecule has 0 saturated carbocycles. The molecular formula is C7H16ClNO5. The number of ether oxygens (including phenoxy) is 1. The molecule has 1 aliphatic heterocycles. The quantitative estimate of drug-likeness (QED) is 0.357. The van der Waals surface area contributed by atoms with E-state index >= 15 is 0 Å². The lowest BCUT2D eigenvalue weighted by Crippen LogP contribution is -2.61. The summed E-state index contributed by atoms with van der Waals surface area (Å²) in [6.45, 7) is -0.400. The number of halogens is 1. The fraction of sp³-hybridized carbons (Fsp3) is 1.00. The maximum Gasteiger partial charge on any atom is 0.137 e. The van der Waals surface area contributed by atoms with Gasteiger partial charge in [-0.25, -0.2) is 0 Å². The Balaban J connectivity index is 0.00000169. The highest BCUT2D eigenvalue weighted by Gasteiger charge is 2.42. The predicted molar refractivity (Wildman–Crippen MR) is 50.1 cm³/mol. The van der Waals surface area contributed by atoms with Gasteiger partial charge in [-0.05, 0) is 7.05 Å². The third kappa shape index (κ3) is 2.54. The molecule has 5 atom stereocenters. The maximum atomic E-state index is 9.34. The Hall–Kier alpha value is 0.0500. The van der Waals surface area contributed by atoms with Crippen molar-refractivity contribution < 1.29 is 25.2 Å². The van der Waals surface area contributed by atoms with E-state index in [1.807, 2.05) is 0 Å². The molecular weight excluding hydrogens is 214 g/mol. The van der Waals surface area contributed by atoms with Gasteiger partial charge in [0.15, 0.2) is 0 Å². The van der Waals surface area contributed by atoms with Gasteiger partial charge < -0.3 is 25.2 Å². The van der Waals surface area contributed by atoms with Crippen molar-refractivity contribution in [1.82, 2.24) is 5.32 Å². The fourth-order valence-corrected chi connectivity index (χ4v) is 1.34. The minimum atomic E-state index is -1.30. The summed E-state index contributed by atoms with van der Waals surface area (Å²) in [6.07, 6.45) is -5.39. The van der Waals surface area contributed by atoms with E-state index < -0.39 is 37.3 Å². The smallest absolute Gasteiger partial charge is 0.137 e. The lowest BCUT2D eigenvalue weighted by atomic mass is 9.98. The van der Waals surface area contributed by atoms with Crippen molar-refractivity contribution in [2.75, 3.05) is 13.7 Å². The van der Waals surface area contributed by atoms with Gasteiger partial charge in [-0.3, -0.25) is 5.32 Å². The molecule has 1 saturated heterocycles.